The zero-order valence-electron chi connectivity index (χ0n) is 12.9. The van der Waals surface area contributed by atoms with Crippen molar-refractivity contribution in [2.24, 2.45) is 0 Å². The van der Waals surface area contributed by atoms with Crippen molar-refractivity contribution in [3.8, 4) is 11.4 Å². The molecule has 0 saturated carbocycles. The first-order chi connectivity index (χ1) is 11.6. The molecule has 24 heavy (non-hydrogen) atoms. The summed E-state index contributed by atoms with van der Waals surface area (Å²) in [6, 6.07) is 14.3. The molecule has 3 rings (SSSR count). The Kier molecular flexibility index (Phi) is 4.77. The van der Waals surface area contributed by atoms with Crippen LogP contribution in [0.3, 0.4) is 0 Å². The van der Waals surface area contributed by atoms with Gasteiger partial charge in [-0.05, 0) is 23.8 Å². The second-order valence-corrected chi connectivity index (χ2v) is 5.52. The smallest absolute Gasteiger partial charge is 0.319 e. The van der Waals surface area contributed by atoms with E-state index >= 15 is 0 Å². The lowest BCUT2D eigenvalue weighted by atomic mass is 10.2. The van der Waals surface area contributed by atoms with Crippen LogP contribution >= 0.6 is 11.6 Å². The lowest BCUT2D eigenvalue weighted by Crippen LogP contribution is -2.28. The van der Waals surface area contributed by atoms with Gasteiger partial charge in [-0.2, -0.15) is 4.98 Å². The Labute approximate surface area is 143 Å². The Bertz CT molecular complexity index is 863. The predicted octanol–water partition coefficient (Wildman–Crippen LogP) is 4.02. The second-order valence-electron chi connectivity index (χ2n) is 5.12. The SMILES string of the molecule is Cc1nc(-c2cccc(NC(=O)NCc3ccccc3Cl)c2)no1. The molecule has 122 valence electrons. The van der Waals surface area contributed by atoms with Crippen molar-refractivity contribution in [1.82, 2.24) is 15.5 Å². The van der Waals surface area contributed by atoms with Gasteiger partial charge < -0.3 is 15.2 Å². The fourth-order valence-corrected chi connectivity index (χ4v) is 2.35. The number of halogens is 1. The molecule has 2 aromatic carbocycles. The first kappa shape index (κ1) is 16.0. The Hall–Kier alpha value is -2.86. The quantitative estimate of drug-likeness (QED) is 0.750. The molecule has 1 aromatic heterocycles. The van der Waals surface area contributed by atoms with Crippen molar-refractivity contribution in [3.63, 3.8) is 0 Å². The van der Waals surface area contributed by atoms with Gasteiger partial charge >= 0.3 is 6.03 Å². The average molecular weight is 343 g/mol. The summed E-state index contributed by atoms with van der Waals surface area (Å²) in [7, 11) is 0. The van der Waals surface area contributed by atoms with Crippen LogP contribution in [0.25, 0.3) is 11.4 Å². The fourth-order valence-electron chi connectivity index (χ4n) is 2.15. The molecule has 0 atom stereocenters. The zero-order chi connectivity index (χ0) is 16.9. The first-order valence-electron chi connectivity index (χ1n) is 7.31. The summed E-state index contributed by atoms with van der Waals surface area (Å²) in [5.41, 5.74) is 2.24. The minimum absolute atomic E-state index is 0.323. The van der Waals surface area contributed by atoms with Crippen LogP contribution in [0, 0.1) is 6.92 Å². The number of aromatic nitrogens is 2. The first-order valence-corrected chi connectivity index (χ1v) is 7.68. The predicted molar refractivity (Wildman–Crippen MR) is 91.8 cm³/mol. The summed E-state index contributed by atoms with van der Waals surface area (Å²) < 4.78 is 4.97. The van der Waals surface area contributed by atoms with E-state index in [9.17, 15) is 4.79 Å². The highest BCUT2D eigenvalue weighted by Crippen LogP contribution is 2.20. The van der Waals surface area contributed by atoms with E-state index in [0.29, 0.717) is 29.0 Å². The molecule has 7 heteroatoms. The summed E-state index contributed by atoms with van der Waals surface area (Å²) in [6.45, 7) is 2.07. The number of anilines is 1. The van der Waals surface area contributed by atoms with Crippen molar-refractivity contribution in [2.75, 3.05) is 5.32 Å². The van der Waals surface area contributed by atoms with Crippen LogP contribution in [0.15, 0.2) is 53.1 Å². The molecule has 0 spiro atoms. The van der Waals surface area contributed by atoms with Crippen molar-refractivity contribution >= 4 is 23.3 Å². The van der Waals surface area contributed by atoms with Gasteiger partial charge in [-0.1, -0.05) is 47.1 Å². The molecule has 2 amide bonds. The third-order valence-corrected chi connectivity index (χ3v) is 3.67. The zero-order valence-corrected chi connectivity index (χ0v) is 13.7. The van der Waals surface area contributed by atoms with Crippen LogP contribution in [-0.4, -0.2) is 16.2 Å². The van der Waals surface area contributed by atoms with E-state index in [4.69, 9.17) is 16.1 Å². The molecule has 0 saturated heterocycles. The van der Waals surface area contributed by atoms with E-state index in [1.54, 1.807) is 25.1 Å². The monoisotopic (exact) mass is 342 g/mol. The van der Waals surface area contributed by atoms with Crippen molar-refractivity contribution in [1.29, 1.82) is 0 Å². The van der Waals surface area contributed by atoms with Gasteiger partial charge in [0.05, 0.1) is 0 Å². The van der Waals surface area contributed by atoms with Gasteiger partial charge in [0.25, 0.3) is 0 Å². The van der Waals surface area contributed by atoms with Crippen LogP contribution in [-0.2, 0) is 6.54 Å². The lowest BCUT2D eigenvalue weighted by Gasteiger charge is -2.09. The lowest BCUT2D eigenvalue weighted by molar-refractivity contribution is 0.252. The van der Waals surface area contributed by atoms with Crippen LogP contribution in [0.4, 0.5) is 10.5 Å². The number of carbonyl (C=O) groups is 1. The van der Waals surface area contributed by atoms with Crippen LogP contribution in [0.2, 0.25) is 5.02 Å². The maximum Gasteiger partial charge on any atom is 0.319 e. The molecule has 1 heterocycles. The standard InChI is InChI=1S/C17H15ClN4O2/c1-11-20-16(22-24-11)12-6-4-7-14(9-12)21-17(23)19-10-13-5-2-3-8-15(13)18/h2-9H,10H2,1H3,(H2,19,21,23). The van der Waals surface area contributed by atoms with Crippen LogP contribution in [0.5, 0.6) is 0 Å². The molecule has 2 N–H and O–H groups in total. The Morgan fingerprint density at radius 2 is 2.04 bits per heavy atom. The molecule has 0 unspecified atom stereocenters. The molecular formula is C17H15ClN4O2. The summed E-state index contributed by atoms with van der Waals surface area (Å²) in [4.78, 5) is 16.2. The number of nitrogens with zero attached hydrogens (tertiary/aromatic N) is 2. The minimum atomic E-state index is -0.323. The van der Waals surface area contributed by atoms with E-state index in [1.807, 2.05) is 30.3 Å². The van der Waals surface area contributed by atoms with E-state index in [2.05, 4.69) is 20.8 Å². The third kappa shape index (κ3) is 3.91. The number of urea groups is 1. The topological polar surface area (TPSA) is 80.0 Å². The maximum atomic E-state index is 12.0. The summed E-state index contributed by atoms with van der Waals surface area (Å²) in [5.74, 6) is 0.966. The van der Waals surface area contributed by atoms with Gasteiger partial charge in [-0.25, -0.2) is 4.79 Å². The molecule has 0 fully saturated rings. The number of aryl methyl sites for hydroxylation is 1. The highest BCUT2D eigenvalue weighted by Gasteiger charge is 2.08. The third-order valence-electron chi connectivity index (χ3n) is 3.30. The summed E-state index contributed by atoms with van der Waals surface area (Å²) >= 11 is 6.06. The minimum Gasteiger partial charge on any atom is -0.339 e. The Morgan fingerprint density at radius 1 is 1.21 bits per heavy atom. The molecular weight excluding hydrogens is 328 g/mol. The molecule has 0 bridgehead atoms. The average Bonchev–Trinajstić information content (AvgIpc) is 3.01. The Balaban J connectivity index is 1.63. The van der Waals surface area contributed by atoms with Gasteiger partial charge in [0.15, 0.2) is 0 Å². The van der Waals surface area contributed by atoms with Gasteiger partial charge in [-0.3, -0.25) is 0 Å². The number of hydrogen-bond acceptors (Lipinski definition) is 4. The second kappa shape index (κ2) is 7.14. The van der Waals surface area contributed by atoms with Crippen LogP contribution < -0.4 is 10.6 Å². The van der Waals surface area contributed by atoms with Crippen LogP contribution in [0.1, 0.15) is 11.5 Å². The Morgan fingerprint density at radius 3 is 2.79 bits per heavy atom. The highest BCUT2D eigenvalue weighted by molar-refractivity contribution is 6.31. The maximum absolute atomic E-state index is 12.0. The van der Waals surface area contributed by atoms with Crippen molar-refractivity contribution < 1.29 is 9.32 Å². The van der Waals surface area contributed by atoms with Gasteiger partial charge in [0.1, 0.15) is 0 Å². The number of amides is 2. The van der Waals surface area contributed by atoms with E-state index in [-0.39, 0.29) is 6.03 Å². The normalized spacial score (nSPS) is 10.4. The summed E-state index contributed by atoms with van der Waals surface area (Å²) in [6.07, 6.45) is 0. The van der Waals surface area contributed by atoms with E-state index in [0.717, 1.165) is 11.1 Å². The molecule has 0 aliphatic carbocycles. The summed E-state index contributed by atoms with van der Waals surface area (Å²) in [5, 5.41) is 10.0. The molecule has 0 aliphatic heterocycles. The largest absolute Gasteiger partial charge is 0.339 e. The van der Waals surface area contributed by atoms with Gasteiger partial charge in [-0.15, -0.1) is 0 Å². The highest BCUT2D eigenvalue weighted by atomic mass is 35.5. The number of rotatable bonds is 4. The van der Waals surface area contributed by atoms with Crippen molar-refractivity contribution in [2.45, 2.75) is 13.5 Å². The molecule has 0 radical (unpaired) electrons. The van der Waals surface area contributed by atoms with E-state index < -0.39 is 0 Å². The fraction of sp³-hybridized carbons (Fsp3) is 0.118. The van der Waals surface area contributed by atoms with Gasteiger partial charge in [0, 0.05) is 29.7 Å². The number of carbonyl (C=O) groups excluding carboxylic acids is 1. The number of hydrogen-bond donors (Lipinski definition) is 2. The van der Waals surface area contributed by atoms with Gasteiger partial charge in [0.2, 0.25) is 11.7 Å². The molecule has 3 aromatic rings. The molecule has 0 aliphatic rings. The van der Waals surface area contributed by atoms with Crippen molar-refractivity contribution in [3.05, 3.63) is 65.0 Å². The number of benzene rings is 2. The number of nitrogens with one attached hydrogen (secondary N) is 2. The molecule has 6 nitrogen and oxygen atoms in total. The van der Waals surface area contributed by atoms with E-state index in [1.165, 1.54) is 0 Å².